The summed E-state index contributed by atoms with van der Waals surface area (Å²) in [6, 6.07) is 3.60. The molecular formula is C21H22F3N5O4S. The molecule has 1 atom stereocenters. The lowest BCUT2D eigenvalue weighted by Crippen LogP contribution is -2.61. The fourth-order valence-corrected chi connectivity index (χ4v) is 5.91. The van der Waals surface area contributed by atoms with E-state index in [1.54, 1.807) is 0 Å². The van der Waals surface area contributed by atoms with E-state index in [-0.39, 0.29) is 47.7 Å². The van der Waals surface area contributed by atoms with Gasteiger partial charge in [0, 0.05) is 31.4 Å². The molecular weight excluding hydrogens is 475 g/mol. The van der Waals surface area contributed by atoms with Gasteiger partial charge in [-0.15, -0.1) is 0 Å². The third kappa shape index (κ3) is 4.47. The molecule has 13 heteroatoms. The van der Waals surface area contributed by atoms with Gasteiger partial charge in [0.2, 0.25) is 15.9 Å². The lowest BCUT2D eigenvalue weighted by atomic mass is 10.1. The van der Waals surface area contributed by atoms with Crippen LogP contribution in [0, 0.1) is 25.2 Å². The highest BCUT2D eigenvalue weighted by Crippen LogP contribution is 2.35. The van der Waals surface area contributed by atoms with Crippen molar-refractivity contribution in [2.45, 2.75) is 49.8 Å². The molecule has 4 rings (SSSR count). The van der Waals surface area contributed by atoms with Crippen molar-refractivity contribution < 1.29 is 30.9 Å². The molecule has 1 aromatic heterocycles. The Hall–Kier alpha value is -3.11. The molecule has 1 unspecified atom stereocenters. The Bertz CT molecular complexity index is 1240. The van der Waals surface area contributed by atoms with Crippen molar-refractivity contribution in [3.05, 3.63) is 40.8 Å². The maximum atomic E-state index is 13.5. The van der Waals surface area contributed by atoms with Crippen molar-refractivity contribution in [2.75, 3.05) is 24.5 Å². The van der Waals surface area contributed by atoms with Crippen LogP contribution in [0.3, 0.4) is 0 Å². The molecule has 0 radical (unpaired) electrons. The SMILES string of the molecule is Cc1noc(C)c1S(=O)(=O)N1CCN(c2ccc(C#N)c(C(F)(F)F)c2)CC1C(=O)NC1CC1. The molecule has 0 bridgehead atoms. The number of amides is 1. The molecule has 1 amide bonds. The van der Waals surface area contributed by atoms with Crippen LogP contribution in [-0.2, 0) is 21.0 Å². The number of anilines is 1. The van der Waals surface area contributed by atoms with Gasteiger partial charge in [0.25, 0.3) is 0 Å². The van der Waals surface area contributed by atoms with Crippen LogP contribution >= 0.6 is 0 Å². The molecule has 1 saturated carbocycles. The minimum Gasteiger partial charge on any atom is -0.368 e. The number of aryl methyl sites for hydroxylation is 2. The third-order valence-electron chi connectivity index (χ3n) is 5.89. The molecule has 2 fully saturated rings. The van der Waals surface area contributed by atoms with E-state index >= 15 is 0 Å². The second kappa shape index (κ2) is 8.59. The lowest BCUT2D eigenvalue weighted by Gasteiger charge is -2.40. The molecule has 1 aromatic carbocycles. The topological polar surface area (TPSA) is 120 Å². The van der Waals surface area contributed by atoms with E-state index in [4.69, 9.17) is 9.78 Å². The van der Waals surface area contributed by atoms with E-state index in [0.29, 0.717) is 0 Å². The number of nitriles is 1. The van der Waals surface area contributed by atoms with Gasteiger partial charge in [-0.05, 0) is 44.9 Å². The fraction of sp³-hybridized carbons (Fsp3) is 0.476. The van der Waals surface area contributed by atoms with Crippen LogP contribution in [0.1, 0.15) is 35.4 Å². The summed E-state index contributed by atoms with van der Waals surface area (Å²) < 4.78 is 73.3. The zero-order valence-electron chi connectivity index (χ0n) is 18.4. The Morgan fingerprint density at radius 2 is 1.97 bits per heavy atom. The zero-order valence-corrected chi connectivity index (χ0v) is 19.2. The first-order valence-electron chi connectivity index (χ1n) is 10.5. The van der Waals surface area contributed by atoms with Gasteiger partial charge in [-0.1, -0.05) is 5.16 Å². The molecule has 2 aliphatic rings. The van der Waals surface area contributed by atoms with Crippen molar-refractivity contribution in [3.63, 3.8) is 0 Å². The summed E-state index contributed by atoms with van der Waals surface area (Å²) in [6.45, 7) is 2.67. The van der Waals surface area contributed by atoms with Gasteiger partial charge in [0.15, 0.2) is 5.76 Å². The van der Waals surface area contributed by atoms with Gasteiger partial charge in [-0.25, -0.2) is 8.42 Å². The first-order chi connectivity index (χ1) is 15.9. The lowest BCUT2D eigenvalue weighted by molar-refractivity contribution is -0.137. The molecule has 1 aliphatic carbocycles. The van der Waals surface area contributed by atoms with Crippen LogP contribution in [0.5, 0.6) is 0 Å². The number of rotatable bonds is 5. The summed E-state index contributed by atoms with van der Waals surface area (Å²) in [5, 5.41) is 15.5. The van der Waals surface area contributed by atoms with E-state index in [1.807, 2.05) is 0 Å². The van der Waals surface area contributed by atoms with Crippen molar-refractivity contribution in [1.82, 2.24) is 14.8 Å². The van der Waals surface area contributed by atoms with Gasteiger partial charge < -0.3 is 14.7 Å². The molecule has 2 aromatic rings. The highest BCUT2D eigenvalue weighted by molar-refractivity contribution is 7.89. The van der Waals surface area contributed by atoms with Crippen molar-refractivity contribution in [2.24, 2.45) is 0 Å². The Morgan fingerprint density at radius 3 is 2.53 bits per heavy atom. The molecule has 9 nitrogen and oxygen atoms in total. The second-order valence-electron chi connectivity index (χ2n) is 8.35. The number of halogens is 3. The number of benzene rings is 1. The minimum absolute atomic E-state index is 0.0407. The van der Waals surface area contributed by atoms with Crippen LogP contribution in [0.25, 0.3) is 0 Å². The largest absolute Gasteiger partial charge is 0.417 e. The van der Waals surface area contributed by atoms with Gasteiger partial charge in [-0.2, -0.15) is 22.7 Å². The number of carbonyl (C=O) groups excluding carboxylic acids is 1. The smallest absolute Gasteiger partial charge is 0.368 e. The number of sulfonamides is 1. The Kier molecular flexibility index (Phi) is 6.07. The number of hydrogen-bond acceptors (Lipinski definition) is 7. The first-order valence-corrected chi connectivity index (χ1v) is 12.0. The van der Waals surface area contributed by atoms with E-state index in [0.717, 1.165) is 29.3 Å². The molecule has 2 heterocycles. The summed E-state index contributed by atoms with van der Waals surface area (Å²) in [7, 11) is -4.17. The van der Waals surface area contributed by atoms with E-state index in [9.17, 15) is 26.4 Å². The predicted octanol–water partition coefficient (Wildman–Crippen LogP) is 2.34. The number of aromatic nitrogens is 1. The fourth-order valence-electron chi connectivity index (χ4n) is 4.05. The molecule has 1 saturated heterocycles. The van der Waals surface area contributed by atoms with Gasteiger partial charge in [0.1, 0.15) is 16.6 Å². The normalized spacial score (nSPS) is 19.6. The molecule has 0 spiro atoms. The van der Waals surface area contributed by atoms with E-state index < -0.39 is 39.3 Å². The van der Waals surface area contributed by atoms with Crippen LogP contribution in [-0.4, -0.2) is 55.5 Å². The molecule has 1 aliphatic heterocycles. The number of hydrogen-bond donors (Lipinski definition) is 1. The first kappa shape index (κ1) is 24.0. The number of piperazine rings is 1. The van der Waals surface area contributed by atoms with E-state index in [1.165, 1.54) is 30.9 Å². The van der Waals surface area contributed by atoms with Crippen LogP contribution in [0.4, 0.5) is 18.9 Å². The van der Waals surface area contributed by atoms with Gasteiger partial charge in [-0.3, -0.25) is 4.79 Å². The number of carbonyl (C=O) groups is 1. The summed E-state index contributed by atoms with van der Waals surface area (Å²) in [5.41, 5.74) is -1.30. The second-order valence-corrected chi connectivity index (χ2v) is 10.2. The molecule has 34 heavy (non-hydrogen) atoms. The summed E-state index contributed by atoms with van der Waals surface area (Å²) in [6.07, 6.45) is -3.18. The number of nitrogens with zero attached hydrogens (tertiary/aromatic N) is 4. The molecule has 182 valence electrons. The summed E-state index contributed by atoms with van der Waals surface area (Å²) in [5.74, 6) is -0.435. The standard InChI is InChI=1S/C21H22F3N5O4S/c1-12-19(13(2)33-27-12)34(31,32)29-8-7-28(11-18(29)20(30)26-15-4-5-15)16-6-3-14(10-25)17(9-16)21(22,23)24/h3,6,9,15,18H,4-5,7-8,11H2,1-2H3,(H,26,30). The van der Waals surface area contributed by atoms with Crippen molar-refractivity contribution >= 4 is 21.6 Å². The third-order valence-corrected chi connectivity index (χ3v) is 8.04. The maximum absolute atomic E-state index is 13.5. The molecule has 1 N–H and O–H groups in total. The quantitative estimate of drug-likeness (QED) is 0.673. The average molecular weight is 497 g/mol. The Labute approximate surface area is 194 Å². The van der Waals surface area contributed by atoms with Crippen LogP contribution in [0.2, 0.25) is 0 Å². The number of nitrogens with one attached hydrogen (secondary N) is 1. The van der Waals surface area contributed by atoms with Crippen LogP contribution < -0.4 is 10.2 Å². The van der Waals surface area contributed by atoms with E-state index in [2.05, 4.69) is 10.5 Å². The maximum Gasteiger partial charge on any atom is 0.417 e. The Balaban J connectivity index is 1.69. The van der Waals surface area contributed by atoms with Crippen molar-refractivity contribution in [1.29, 1.82) is 5.26 Å². The monoisotopic (exact) mass is 497 g/mol. The predicted molar refractivity (Wildman–Crippen MR) is 113 cm³/mol. The highest BCUT2D eigenvalue weighted by Gasteiger charge is 2.44. The van der Waals surface area contributed by atoms with Gasteiger partial charge >= 0.3 is 6.18 Å². The Morgan fingerprint density at radius 1 is 1.26 bits per heavy atom. The summed E-state index contributed by atoms with van der Waals surface area (Å²) >= 11 is 0. The summed E-state index contributed by atoms with van der Waals surface area (Å²) in [4.78, 5) is 14.4. The van der Waals surface area contributed by atoms with Crippen molar-refractivity contribution in [3.8, 4) is 6.07 Å². The van der Waals surface area contributed by atoms with Gasteiger partial charge in [0.05, 0.1) is 17.2 Å². The minimum atomic E-state index is -4.74. The number of alkyl halides is 3. The van der Waals surface area contributed by atoms with Crippen LogP contribution in [0.15, 0.2) is 27.6 Å². The zero-order chi connectivity index (χ0) is 24.8. The highest BCUT2D eigenvalue weighted by atomic mass is 32.2. The average Bonchev–Trinajstić information content (AvgIpc) is 3.53.